The summed E-state index contributed by atoms with van der Waals surface area (Å²) in [6, 6.07) is 5.58. The van der Waals surface area contributed by atoms with Crippen molar-refractivity contribution in [3.8, 4) is 5.75 Å². The maximum atomic E-state index is 12.0. The maximum Gasteiger partial charge on any atom is 0.440 e. The van der Waals surface area contributed by atoms with Crippen LogP contribution in [0.5, 0.6) is 5.75 Å². The van der Waals surface area contributed by atoms with Gasteiger partial charge in [0.05, 0.1) is 13.3 Å². The minimum Gasteiger partial charge on any atom is -0.451 e. The molecule has 0 aliphatic carbocycles. The molecule has 0 aromatic heterocycles. The van der Waals surface area contributed by atoms with Gasteiger partial charge in [-0.15, -0.1) is 5.48 Å². The van der Waals surface area contributed by atoms with E-state index in [0.717, 1.165) is 44.3 Å². The van der Waals surface area contributed by atoms with Crippen molar-refractivity contribution in [2.24, 2.45) is 0 Å². The first-order chi connectivity index (χ1) is 13.4. The lowest BCUT2D eigenvalue weighted by atomic mass is 9.83. The van der Waals surface area contributed by atoms with E-state index in [4.69, 9.17) is 4.74 Å². The molecular formula is C19H23N3O6. The molecule has 2 aliphatic rings. The fraction of sp³-hybridized carbons (Fsp3) is 0.421. The molecule has 2 atom stereocenters. The van der Waals surface area contributed by atoms with Crippen LogP contribution in [0.15, 0.2) is 30.4 Å². The van der Waals surface area contributed by atoms with Crippen molar-refractivity contribution in [3.05, 3.63) is 35.9 Å². The summed E-state index contributed by atoms with van der Waals surface area (Å²) in [5, 5.41) is 0. The Morgan fingerprint density at radius 1 is 1.18 bits per heavy atom. The minimum atomic E-state index is -0.938. The summed E-state index contributed by atoms with van der Waals surface area (Å²) >= 11 is 0. The summed E-state index contributed by atoms with van der Waals surface area (Å²) in [6.07, 6.45) is 3.33. The maximum absolute atomic E-state index is 12.0. The first-order valence-corrected chi connectivity index (χ1v) is 8.90. The Bertz CT molecular complexity index is 809. The van der Waals surface area contributed by atoms with Crippen molar-refractivity contribution in [2.75, 3.05) is 32.6 Å². The number of methoxy groups -OCH3 is 1. The Kier molecular flexibility index (Phi) is 5.84. The number of rotatable bonds is 3. The third-order valence-electron chi connectivity index (χ3n) is 5.09. The lowest BCUT2D eigenvalue weighted by Crippen LogP contribution is -2.52. The largest absolute Gasteiger partial charge is 0.451 e. The highest BCUT2D eigenvalue weighted by atomic mass is 16.7. The van der Waals surface area contributed by atoms with Crippen LogP contribution >= 0.6 is 0 Å². The van der Waals surface area contributed by atoms with Gasteiger partial charge in [-0.2, -0.15) is 0 Å². The van der Waals surface area contributed by atoms with Gasteiger partial charge in [0.2, 0.25) is 0 Å². The Morgan fingerprint density at radius 2 is 1.93 bits per heavy atom. The molecule has 1 fully saturated rings. The van der Waals surface area contributed by atoms with E-state index in [1.807, 2.05) is 12.1 Å². The second-order valence-electron chi connectivity index (χ2n) is 6.78. The lowest BCUT2D eigenvalue weighted by molar-refractivity contribution is -0.143. The van der Waals surface area contributed by atoms with E-state index in [2.05, 4.69) is 33.5 Å². The van der Waals surface area contributed by atoms with Crippen LogP contribution in [0.3, 0.4) is 0 Å². The molecule has 0 radical (unpaired) electrons. The summed E-state index contributed by atoms with van der Waals surface area (Å²) in [7, 11) is 5.33. The quantitative estimate of drug-likeness (QED) is 0.360. The van der Waals surface area contributed by atoms with Crippen LogP contribution in [-0.4, -0.2) is 56.8 Å². The fourth-order valence-corrected chi connectivity index (χ4v) is 3.66. The number of piperidine rings is 1. The zero-order chi connectivity index (χ0) is 20.3. The van der Waals surface area contributed by atoms with Gasteiger partial charge in [0.15, 0.2) is 0 Å². The van der Waals surface area contributed by atoms with Gasteiger partial charge in [0.1, 0.15) is 5.75 Å². The molecule has 3 rings (SSSR count). The van der Waals surface area contributed by atoms with E-state index in [0.29, 0.717) is 17.8 Å². The average molecular weight is 389 g/mol. The van der Waals surface area contributed by atoms with Crippen molar-refractivity contribution in [2.45, 2.75) is 24.9 Å². The van der Waals surface area contributed by atoms with E-state index in [-0.39, 0.29) is 0 Å². The number of anilines is 1. The number of benzene rings is 1. The number of nitrogens with zero attached hydrogens (tertiary/aromatic N) is 2. The van der Waals surface area contributed by atoms with Gasteiger partial charge in [-0.25, -0.2) is 14.4 Å². The molecule has 2 aliphatic heterocycles. The lowest BCUT2D eigenvalue weighted by Gasteiger charge is -2.48. The number of fused-ring (bicyclic) bond motifs is 4. The van der Waals surface area contributed by atoms with Gasteiger partial charge in [-0.05, 0) is 49.6 Å². The summed E-state index contributed by atoms with van der Waals surface area (Å²) in [5.41, 5.74) is 4.05. The first-order valence-electron chi connectivity index (χ1n) is 8.90. The van der Waals surface area contributed by atoms with Crippen LogP contribution in [0.25, 0.3) is 0 Å². The molecule has 9 heteroatoms. The second-order valence-corrected chi connectivity index (χ2v) is 6.78. The van der Waals surface area contributed by atoms with Crippen LogP contribution in [0.1, 0.15) is 24.3 Å². The predicted octanol–water partition coefficient (Wildman–Crippen LogP) is 1.55. The topological polar surface area (TPSA) is 97.4 Å². The summed E-state index contributed by atoms with van der Waals surface area (Å²) in [4.78, 5) is 43.1. The van der Waals surface area contributed by atoms with Gasteiger partial charge in [-0.3, -0.25) is 4.90 Å². The molecule has 2 heterocycles. The first kappa shape index (κ1) is 19.7. The number of hydrogen-bond donors (Lipinski definition) is 1. The normalized spacial score (nSPS) is 21.0. The molecule has 2 unspecified atom stereocenters. The van der Waals surface area contributed by atoms with Crippen molar-refractivity contribution < 1.29 is 28.7 Å². The smallest absolute Gasteiger partial charge is 0.440 e. The number of amides is 1. The van der Waals surface area contributed by atoms with Gasteiger partial charge in [0, 0.05) is 31.4 Å². The number of carbonyl (C=O) groups excluding carboxylic acids is 3. The Balaban J connectivity index is 1.63. The molecule has 1 saturated heterocycles. The Morgan fingerprint density at radius 3 is 2.68 bits per heavy atom. The number of likely N-dealkylation sites (tertiary alicyclic amines) is 1. The molecule has 28 heavy (non-hydrogen) atoms. The number of hydrogen-bond acceptors (Lipinski definition) is 8. The molecule has 1 aromatic carbocycles. The molecule has 2 bridgehead atoms. The van der Waals surface area contributed by atoms with Crippen molar-refractivity contribution >= 4 is 23.7 Å². The molecule has 1 amide bonds. The van der Waals surface area contributed by atoms with Gasteiger partial charge < -0.3 is 19.2 Å². The van der Waals surface area contributed by atoms with Crippen molar-refractivity contribution in [1.29, 1.82) is 0 Å². The third kappa shape index (κ3) is 4.25. The van der Waals surface area contributed by atoms with Crippen LogP contribution in [0.4, 0.5) is 10.5 Å². The van der Waals surface area contributed by atoms with E-state index < -0.39 is 18.0 Å². The minimum absolute atomic E-state index is 0.382. The zero-order valence-electron chi connectivity index (χ0n) is 16.0. The van der Waals surface area contributed by atoms with E-state index in [1.165, 1.54) is 5.56 Å². The molecule has 1 N–H and O–H groups in total. The molecule has 150 valence electrons. The summed E-state index contributed by atoms with van der Waals surface area (Å²) in [6.45, 7) is 1.02. The van der Waals surface area contributed by atoms with Crippen LogP contribution in [0, 0.1) is 0 Å². The fourth-order valence-electron chi connectivity index (χ4n) is 3.66. The number of esters is 1. The molecule has 0 spiro atoms. The molecule has 9 nitrogen and oxygen atoms in total. The Hall–Kier alpha value is -3.07. The van der Waals surface area contributed by atoms with Crippen LogP contribution in [0.2, 0.25) is 0 Å². The van der Waals surface area contributed by atoms with Crippen molar-refractivity contribution in [3.63, 3.8) is 0 Å². The monoisotopic (exact) mass is 389 g/mol. The van der Waals surface area contributed by atoms with Gasteiger partial charge in [0.25, 0.3) is 0 Å². The highest BCUT2D eigenvalue weighted by Crippen LogP contribution is 2.44. The molecule has 1 aromatic rings. The number of carbonyl (C=O) groups is 3. The Labute approximate surface area is 162 Å². The van der Waals surface area contributed by atoms with E-state index >= 15 is 0 Å². The van der Waals surface area contributed by atoms with Crippen molar-refractivity contribution in [1.82, 2.24) is 10.4 Å². The summed E-state index contributed by atoms with van der Waals surface area (Å²) < 4.78 is 9.54. The predicted molar refractivity (Wildman–Crippen MR) is 99.6 cm³/mol. The van der Waals surface area contributed by atoms with E-state index in [1.54, 1.807) is 11.5 Å². The van der Waals surface area contributed by atoms with E-state index in [9.17, 15) is 14.4 Å². The highest BCUT2D eigenvalue weighted by molar-refractivity contribution is 5.92. The number of nitrogens with one attached hydrogen (secondary N) is 1. The van der Waals surface area contributed by atoms with Crippen LogP contribution < -0.4 is 15.1 Å². The second kappa shape index (κ2) is 8.30. The average Bonchev–Trinajstić information content (AvgIpc) is 2.70. The molecular weight excluding hydrogens is 366 g/mol. The standard InChI is InChI=1S/C19H23N3O6/c1-21-9-8-12-10-16(21)22(2)15-5-4-13(11-14(12)15)27-17(23)6-7-18(24)28-20-19(25)26-3/h4-7,11-12,16H,8-10H2,1-3H3,(H,20,25)/b7-6+. The third-order valence-corrected chi connectivity index (χ3v) is 5.09. The van der Waals surface area contributed by atoms with Crippen LogP contribution in [-0.2, 0) is 19.2 Å². The SMILES string of the molecule is COC(=O)NOC(=O)/C=C/C(=O)Oc1ccc2c(c1)C1CCN(C)C(C1)N2C. The van der Waals surface area contributed by atoms with Gasteiger partial charge in [-0.1, -0.05) is 0 Å². The highest BCUT2D eigenvalue weighted by Gasteiger charge is 2.36. The molecule has 0 saturated carbocycles. The summed E-state index contributed by atoms with van der Waals surface area (Å²) in [5.74, 6) is -0.812. The van der Waals surface area contributed by atoms with Gasteiger partial charge >= 0.3 is 18.0 Å². The number of hydroxylamine groups is 1. The zero-order valence-corrected chi connectivity index (χ0v) is 16.0. The number of ether oxygens (including phenoxy) is 2.